The molecule has 0 aliphatic rings. The van der Waals surface area contributed by atoms with Crippen LogP contribution >= 0.6 is 0 Å². The van der Waals surface area contributed by atoms with Crippen molar-refractivity contribution in [2.45, 2.75) is 13.8 Å². The highest BCUT2D eigenvalue weighted by molar-refractivity contribution is 4.59. The van der Waals surface area contributed by atoms with Crippen molar-refractivity contribution in [3.8, 4) is 0 Å². The summed E-state index contributed by atoms with van der Waals surface area (Å²) in [6, 6.07) is 0. The molecule has 0 aromatic rings. The van der Waals surface area contributed by atoms with Gasteiger partial charge >= 0.3 is 0 Å². The standard InChI is InChI=1S/C4H9N3.C2H6/c1-4-7(3)6-5-2;1-2/h4H,1H2,2-3H3;1-2H3. The first kappa shape index (κ1) is 11.0. The van der Waals surface area contributed by atoms with Crippen molar-refractivity contribution in [2.24, 2.45) is 10.3 Å². The first-order valence-corrected chi connectivity index (χ1v) is 2.96. The Hall–Kier alpha value is -0.860. The maximum Gasteiger partial charge on any atom is 0.0509 e. The van der Waals surface area contributed by atoms with Crippen LogP contribution in [0.5, 0.6) is 0 Å². The molecule has 54 valence electrons. The van der Waals surface area contributed by atoms with Crippen LogP contribution in [-0.2, 0) is 0 Å². The lowest BCUT2D eigenvalue weighted by Crippen LogP contribution is -1.96. The molecule has 0 fully saturated rings. The summed E-state index contributed by atoms with van der Waals surface area (Å²) in [4.78, 5) is 0. The Bertz CT molecular complexity index is 78.4. The van der Waals surface area contributed by atoms with Gasteiger partial charge in [-0.1, -0.05) is 25.6 Å². The molecule has 0 rings (SSSR count). The summed E-state index contributed by atoms with van der Waals surface area (Å²) in [5, 5.41) is 8.60. The predicted octanol–water partition coefficient (Wildman–Crippen LogP) is 2.08. The van der Waals surface area contributed by atoms with E-state index in [1.54, 1.807) is 20.3 Å². The Morgan fingerprint density at radius 3 is 2.00 bits per heavy atom. The fourth-order valence-electron chi connectivity index (χ4n) is 0.178. The lowest BCUT2D eigenvalue weighted by molar-refractivity contribution is 0.454. The number of rotatable bonds is 2. The molecule has 0 unspecified atom stereocenters. The summed E-state index contributed by atoms with van der Waals surface area (Å²) in [5.74, 6) is 0. The highest BCUT2D eigenvalue weighted by Crippen LogP contribution is 1.80. The van der Waals surface area contributed by atoms with Crippen LogP contribution in [-0.4, -0.2) is 19.1 Å². The highest BCUT2D eigenvalue weighted by atomic mass is 15.5. The number of hydrogen-bond acceptors (Lipinski definition) is 2. The molecule has 0 amide bonds. The summed E-state index contributed by atoms with van der Waals surface area (Å²) < 4.78 is 0. The maximum atomic E-state index is 3.58. The summed E-state index contributed by atoms with van der Waals surface area (Å²) in [6.07, 6.45) is 1.58. The monoisotopic (exact) mass is 129 g/mol. The molecule has 0 atom stereocenters. The Balaban J connectivity index is 0. The van der Waals surface area contributed by atoms with Crippen LogP contribution in [0.4, 0.5) is 0 Å². The minimum atomic E-state index is 1.53. The van der Waals surface area contributed by atoms with E-state index in [2.05, 4.69) is 16.9 Å². The van der Waals surface area contributed by atoms with Gasteiger partial charge in [0.15, 0.2) is 0 Å². The van der Waals surface area contributed by atoms with E-state index in [1.165, 1.54) is 5.01 Å². The van der Waals surface area contributed by atoms with Gasteiger partial charge in [-0.05, 0) is 0 Å². The van der Waals surface area contributed by atoms with Gasteiger partial charge in [-0.15, -0.1) is 0 Å². The molecule has 0 spiro atoms. The molecule has 3 heteroatoms. The summed E-state index contributed by atoms with van der Waals surface area (Å²) in [6.45, 7) is 7.45. The third kappa shape index (κ3) is 11.0. The van der Waals surface area contributed by atoms with Gasteiger partial charge in [0.2, 0.25) is 0 Å². The van der Waals surface area contributed by atoms with E-state index < -0.39 is 0 Å². The molecule has 0 saturated heterocycles. The first-order valence-electron chi connectivity index (χ1n) is 2.96. The molecule has 0 aliphatic carbocycles. The zero-order chi connectivity index (χ0) is 7.70. The van der Waals surface area contributed by atoms with E-state index in [-0.39, 0.29) is 0 Å². The quantitative estimate of drug-likeness (QED) is 0.414. The van der Waals surface area contributed by atoms with Gasteiger partial charge in [-0.3, -0.25) is 5.01 Å². The van der Waals surface area contributed by atoms with Crippen LogP contribution in [0.1, 0.15) is 13.8 Å². The van der Waals surface area contributed by atoms with E-state index in [9.17, 15) is 0 Å². The fourth-order valence-corrected chi connectivity index (χ4v) is 0.178. The lowest BCUT2D eigenvalue weighted by atomic mass is 11.0. The van der Waals surface area contributed by atoms with Crippen molar-refractivity contribution < 1.29 is 0 Å². The van der Waals surface area contributed by atoms with Crippen LogP contribution < -0.4 is 0 Å². The Morgan fingerprint density at radius 2 is 1.89 bits per heavy atom. The molecule has 0 saturated carbocycles. The number of hydrogen-bond donors (Lipinski definition) is 0. The van der Waals surface area contributed by atoms with Gasteiger partial charge in [0.25, 0.3) is 0 Å². The third-order valence-corrected chi connectivity index (χ3v) is 0.495. The van der Waals surface area contributed by atoms with Gasteiger partial charge in [0.05, 0.1) is 7.05 Å². The topological polar surface area (TPSA) is 28.0 Å². The fraction of sp³-hybridized carbons (Fsp3) is 0.667. The normalized spacial score (nSPS) is 8.00. The average Bonchev–Trinajstić information content (AvgIpc) is 1.93. The number of nitrogens with zero attached hydrogens (tertiary/aromatic N) is 3. The van der Waals surface area contributed by atoms with Gasteiger partial charge in [-0.25, -0.2) is 0 Å². The van der Waals surface area contributed by atoms with Crippen molar-refractivity contribution in [1.29, 1.82) is 0 Å². The first-order chi connectivity index (χ1) is 4.31. The van der Waals surface area contributed by atoms with Crippen molar-refractivity contribution in [3.63, 3.8) is 0 Å². The van der Waals surface area contributed by atoms with Crippen molar-refractivity contribution in [2.75, 3.05) is 14.1 Å². The maximum absolute atomic E-state index is 3.58. The third-order valence-electron chi connectivity index (χ3n) is 0.495. The molecule has 0 aromatic carbocycles. The smallest absolute Gasteiger partial charge is 0.0509 e. The SMILES string of the molecule is C=CN(C)N=NC.CC. The second kappa shape index (κ2) is 10.2. The van der Waals surface area contributed by atoms with Crippen molar-refractivity contribution >= 4 is 0 Å². The highest BCUT2D eigenvalue weighted by Gasteiger charge is 1.73. The Morgan fingerprint density at radius 1 is 1.44 bits per heavy atom. The van der Waals surface area contributed by atoms with Gasteiger partial charge in [0.1, 0.15) is 0 Å². The minimum absolute atomic E-state index is 1.53. The minimum Gasteiger partial charge on any atom is -0.258 e. The zero-order valence-corrected chi connectivity index (χ0v) is 6.63. The van der Waals surface area contributed by atoms with Crippen molar-refractivity contribution in [3.05, 3.63) is 12.8 Å². The molecular weight excluding hydrogens is 114 g/mol. The Labute approximate surface area is 57.1 Å². The van der Waals surface area contributed by atoms with Crippen LogP contribution in [0, 0.1) is 0 Å². The zero-order valence-electron chi connectivity index (χ0n) is 6.63. The summed E-state index contributed by atoms with van der Waals surface area (Å²) in [7, 11) is 3.38. The van der Waals surface area contributed by atoms with E-state index >= 15 is 0 Å². The van der Waals surface area contributed by atoms with Gasteiger partial charge in [-0.2, -0.15) is 5.11 Å². The molecule has 0 heterocycles. The second-order valence-electron chi connectivity index (χ2n) is 1.05. The Kier molecular flexibility index (Phi) is 12.5. The predicted molar refractivity (Wildman–Crippen MR) is 40.1 cm³/mol. The summed E-state index contributed by atoms with van der Waals surface area (Å²) in [5.41, 5.74) is 0. The van der Waals surface area contributed by atoms with E-state index in [0.29, 0.717) is 0 Å². The second-order valence-corrected chi connectivity index (χ2v) is 1.05. The van der Waals surface area contributed by atoms with Crippen LogP contribution in [0.3, 0.4) is 0 Å². The molecular formula is C6H15N3. The lowest BCUT2D eigenvalue weighted by Gasteiger charge is -1.98. The van der Waals surface area contributed by atoms with Crippen LogP contribution in [0.15, 0.2) is 23.1 Å². The van der Waals surface area contributed by atoms with E-state index in [1.807, 2.05) is 13.8 Å². The van der Waals surface area contributed by atoms with Crippen LogP contribution in [0.2, 0.25) is 0 Å². The largest absolute Gasteiger partial charge is 0.258 e. The molecule has 0 bridgehead atoms. The molecule has 0 N–H and O–H groups in total. The average molecular weight is 129 g/mol. The molecule has 0 aromatic heterocycles. The van der Waals surface area contributed by atoms with Crippen LogP contribution in [0.25, 0.3) is 0 Å². The molecule has 0 radical (unpaired) electrons. The molecule has 3 nitrogen and oxygen atoms in total. The summed E-state index contributed by atoms with van der Waals surface area (Å²) >= 11 is 0. The van der Waals surface area contributed by atoms with Gasteiger partial charge in [0, 0.05) is 13.2 Å². The van der Waals surface area contributed by atoms with Crippen molar-refractivity contribution in [1.82, 2.24) is 5.01 Å². The van der Waals surface area contributed by atoms with E-state index in [0.717, 1.165) is 0 Å². The van der Waals surface area contributed by atoms with Gasteiger partial charge < -0.3 is 0 Å². The van der Waals surface area contributed by atoms with E-state index in [4.69, 9.17) is 0 Å². The molecule has 0 aliphatic heterocycles. The molecule has 9 heavy (non-hydrogen) atoms.